The van der Waals surface area contributed by atoms with E-state index in [0.29, 0.717) is 0 Å². The summed E-state index contributed by atoms with van der Waals surface area (Å²) in [6, 6.07) is -0.272. The highest BCUT2D eigenvalue weighted by atomic mass is 16.2. The molecule has 0 radical (unpaired) electrons. The number of carbonyl (C=O) groups is 2. The highest BCUT2D eigenvalue weighted by Crippen LogP contribution is 2.24. The van der Waals surface area contributed by atoms with Gasteiger partial charge in [-0.1, -0.05) is 27.7 Å². The topological polar surface area (TPSA) is 49.4 Å². The monoisotopic (exact) mass is 226 g/mol. The normalized spacial score (nSPS) is 24.3. The molecule has 1 fully saturated rings. The van der Waals surface area contributed by atoms with Crippen molar-refractivity contribution in [2.75, 3.05) is 6.54 Å². The van der Waals surface area contributed by atoms with E-state index in [1.54, 1.807) is 4.90 Å². The molecule has 1 heterocycles. The maximum atomic E-state index is 12.2. The third-order valence-corrected chi connectivity index (χ3v) is 3.14. The van der Waals surface area contributed by atoms with Crippen LogP contribution in [0.5, 0.6) is 0 Å². The van der Waals surface area contributed by atoms with Crippen LogP contribution in [0, 0.1) is 5.41 Å². The van der Waals surface area contributed by atoms with Gasteiger partial charge in [-0.05, 0) is 18.8 Å². The minimum Gasteiger partial charge on any atom is -0.342 e. The fourth-order valence-electron chi connectivity index (χ4n) is 1.85. The minimum absolute atomic E-state index is 0.0430. The number of nitrogens with one attached hydrogen (secondary N) is 1. The van der Waals surface area contributed by atoms with Crippen LogP contribution in [0.25, 0.3) is 0 Å². The summed E-state index contributed by atoms with van der Waals surface area (Å²) in [7, 11) is 0. The Morgan fingerprint density at radius 2 is 2.00 bits per heavy atom. The van der Waals surface area contributed by atoms with Crippen molar-refractivity contribution in [3.63, 3.8) is 0 Å². The van der Waals surface area contributed by atoms with E-state index in [1.165, 1.54) is 0 Å². The van der Waals surface area contributed by atoms with Crippen LogP contribution in [0.2, 0.25) is 0 Å². The van der Waals surface area contributed by atoms with E-state index < -0.39 is 6.04 Å². The van der Waals surface area contributed by atoms with Crippen LogP contribution in [0.3, 0.4) is 0 Å². The quantitative estimate of drug-likeness (QED) is 0.768. The number of amides is 2. The van der Waals surface area contributed by atoms with Crippen molar-refractivity contribution in [3.05, 3.63) is 0 Å². The van der Waals surface area contributed by atoms with Gasteiger partial charge >= 0.3 is 0 Å². The van der Waals surface area contributed by atoms with Crippen molar-refractivity contribution in [2.45, 2.75) is 53.1 Å². The van der Waals surface area contributed by atoms with Crippen LogP contribution in [-0.4, -0.2) is 35.3 Å². The molecule has 16 heavy (non-hydrogen) atoms. The molecule has 4 nitrogen and oxygen atoms in total. The number of carbonyl (C=O) groups excluding carboxylic acids is 2. The third kappa shape index (κ3) is 2.54. The molecule has 1 aliphatic rings. The molecular formula is C12H22N2O2. The van der Waals surface area contributed by atoms with Gasteiger partial charge in [-0.25, -0.2) is 0 Å². The van der Waals surface area contributed by atoms with Gasteiger partial charge in [-0.15, -0.1) is 0 Å². The lowest BCUT2D eigenvalue weighted by molar-refractivity contribution is -0.149. The first-order valence-corrected chi connectivity index (χ1v) is 5.87. The van der Waals surface area contributed by atoms with Crippen molar-refractivity contribution in [1.29, 1.82) is 0 Å². The Balaban J connectivity index is 2.91. The van der Waals surface area contributed by atoms with Crippen LogP contribution in [-0.2, 0) is 9.59 Å². The predicted molar refractivity (Wildman–Crippen MR) is 62.9 cm³/mol. The van der Waals surface area contributed by atoms with Gasteiger partial charge in [0.2, 0.25) is 11.8 Å². The molecule has 0 aromatic heterocycles. The lowest BCUT2D eigenvalue weighted by Gasteiger charge is -2.41. The molecule has 0 bridgehead atoms. The van der Waals surface area contributed by atoms with Gasteiger partial charge in [0.05, 0.1) is 6.54 Å². The molecule has 92 valence electrons. The van der Waals surface area contributed by atoms with Crippen LogP contribution < -0.4 is 5.32 Å². The molecule has 0 saturated carbocycles. The van der Waals surface area contributed by atoms with Crippen molar-refractivity contribution >= 4 is 11.8 Å². The maximum Gasteiger partial charge on any atom is 0.246 e. The molecule has 0 spiro atoms. The van der Waals surface area contributed by atoms with Gasteiger partial charge in [0.1, 0.15) is 6.04 Å². The van der Waals surface area contributed by atoms with Gasteiger partial charge in [0.15, 0.2) is 0 Å². The molecule has 2 amide bonds. The van der Waals surface area contributed by atoms with E-state index >= 15 is 0 Å². The number of hydrogen-bond acceptors (Lipinski definition) is 2. The SMILES string of the molecule is CCC(C)N1CC(=O)NC(C(C)(C)C)C1=O. The summed E-state index contributed by atoms with van der Waals surface area (Å²) in [5, 5.41) is 2.78. The Labute approximate surface area is 97.4 Å². The first-order valence-electron chi connectivity index (χ1n) is 5.87. The zero-order valence-electron chi connectivity index (χ0n) is 10.8. The zero-order chi connectivity index (χ0) is 12.5. The summed E-state index contributed by atoms with van der Waals surface area (Å²) >= 11 is 0. The smallest absolute Gasteiger partial charge is 0.246 e. The average molecular weight is 226 g/mol. The Bertz CT molecular complexity index is 294. The molecule has 0 aromatic carbocycles. The number of rotatable bonds is 2. The van der Waals surface area contributed by atoms with E-state index in [9.17, 15) is 9.59 Å². The van der Waals surface area contributed by atoms with Crippen LogP contribution >= 0.6 is 0 Å². The highest BCUT2D eigenvalue weighted by Gasteiger charge is 2.40. The molecule has 4 heteroatoms. The fraction of sp³-hybridized carbons (Fsp3) is 0.833. The summed E-state index contributed by atoms with van der Waals surface area (Å²) < 4.78 is 0. The second-order valence-electron chi connectivity index (χ2n) is 5.59. The van der Waals surface area contributed by atoms with Gasteiger partial charge in [0, 0.05) is 6.04 Å². The van der Waals surface area contributed by atoms with Crippen LogP contribution in [0.1, 0.15) is 41.0 Å². The van der Waals surface area contributed by atoms with Crippen molar-refractivity contribution in [2.24, 2.45) is 5.41 Å². The van der Waals surface area contributed by atoms with Crippen LogP contribution in [0.4, 0.5) is 0 Å². The molecular weight excluding hydrogens is 204 g/mol. The van der Waals surface area contributed by atoms with Crippen molar-refractivity contribution in [1.82, 2.24) is 10.2 Å². The van der Waals surface area contributed by atoms with E-state index in [-0.39, 0.29) is 29.8 Å². The second-order valence-corrected chi connectivity index (χ2v) is 5.59. The molecule has 0 aromatic rings. The lowest BCUT2D eigenvalue weighted by atomic mass is 9.84. The highest BCUT2D eigenvalue weighted by molar-refractivity contribution is 5.95. The van der Waals surface area contributed by atoms with Crippen molar-refractivity contribution < 1.29 is 9.59 Å². The summed E-state index contributed by atoms with van der Waals surface area (Å²) in [6.45, 7) is 10.1. The Morgan fingerprint density at radius 1 is 1.44 bits per heavy atom. The largest absolute Gasteiger partial charge is 0.342 e. The molecule has 1 aliphatic heterocycles. The lowest BCUT2D eigenvalue weighted by Crippen LogP contribution is -2.63. The summed E-state index contributed by atoms with van der Waals surface area (Å²) in [5.41, 5.74) is -0.237. The second kappa shape index (κ2) is 4.44. The Kier molecular flexibility index (Phi) is 3.61. The molecule has 2 unspecified atom stereocenters. The molecule has 1 N–H and O–H groups in total. The van der Waals surface area contributed by atoms with Gasteiger partial charge in [-0.2, -0.15) is 0 Å². The number of piperazine rings is 1. The minimum atomic E-state index is -0.400. The molecule has 1 saturated heterocycles. The number of hydrogen-bond donors (Lipinski definition) is 1. The first kappa shape index (κ1) is 13.0. The van der Waals surface area contributed by atoms with E-state index in [4.69, 9.17) is 0 Å². The summed E-state index contributed by atoms with van der Waals surface area (Å²) in [6.07, 6.45) is 0.871. The van der Waals surface area contributed by atoms with Crippen LogP contribution in [0.15, 0.2) is 0 Å². The predicted octanol–water partition coefficient (Wildman–Crippen LogP) is 1.16. The third-order valence-electron chi connectivity index (χ3n) is 3.14. The standard InChI is InChI=1S/C12H22N2O2/c1-6-8(2)14-7-9(15)13-10(11(14)16)12(3,4)5/h8,10H,6-7H2,1-5H3,(H,13,15). The van der Waals surface area contributed by atoms with E-state index in [0.717, 1.165) is 6.42 Å². The van der Waals surface area contributed by atoms with Gasteiger partial charge in [0.25, 0.3) is 0 Å². The molecule has 2 atom stereocenters. The fourth-order valence-corrected chi connectivity index (χ4v) is 1.85. The van der Waals surface area contributed by atoms with E-state index in [2.05, 4.69) is 5.32 Å². The first-order chi connectivity index (χ1) is 7.27. The Hall–Kier alpha value is -1.06. The maximum absolute atomic E-state index is 12.2. The Morgan fingerprint density at radius 3 is 2.44 bits per heavy atom. The molecule has 1 rings (SSSR count). The summed E-state index contributed by atoms with van der Waals surface area (Å²) in [4.78, 5) is 25.5. The summed E-state index contributed by atoms with van der Waals surface area (Å²) in [5.74, 6) is -0.0127. The van der Waals surface area contributed by atoms with E-state index in [1.807, 2.05) is 34.6 Å². The average Bonchev–Trinajstić information content (AvgIpc) is 2.18. The van der Waals surface area contributed by atoms with Gasteiger partial charge in [-0.3, -0.25) is 9.59 Å². The van der Waals surface area contributed by atoms with Crippen molar-refractivity contribution in [3.8, 4) is 0 Å². The van der Waals surface area contributed by atoms with Gasteiger partial charge < -0.3 is 10.2 Å². The number of nitrogens with zero attached hydrogens (tertiary/aromatic N) is 1. The zero-order valence-corrected chi connectivity index (χ0v) is 10.8. The molecule has 0 aliphatic carbocycles.